The van der Waals surface area contributed by atoms with Crippen molar-refractivity contribution in [3.05, 3.63) is 124 Å². The number of azide groups is 2. The molecular formula is C74H107F2N21O25. The van der Waals surface area contributed by atoms with E-state index >= 15 is 0 Å². The lowest BCUT2D eigenvalue weighted by Gasteiger charge is -2.15. The van der Waals surface area contributed by atoms with Crippen LogP contribution in [0, 0.1) is 31.6 Å². The van der Waals surface area contributed by atoms with Crippen LogP contribution < -0.4 is 63.8 Å². The van der Waals surface area contributed by atoms with Crippen molar-refractivity contribution in [2.24, 2.45) is 10.2 Å². The van der Waals surface area contributed by atoms with Crippen LogP contribution in [0.3, 0.4) is 0 Å². The fraction of sp³-hybridized carbons (Fsp3) is 0.473. The summed E-state index contributed by atoms with van der Waals surface area (Å²) in [6.45, 7) is 7.32. The van der Waals surface area contributed by atoms with Crippen molar-refractivity contribution in [3.63, 3.8) is 0 Å². The minimum Gasteiger partial charge on any atom is -0.481 e. The van der Waals surface area contributed by atoms with Gasteiger partial charge in [0.2, 0.25) is 0 Å². The minimum absolute atomic E-state index is 0.0451. The van der Waals surface area contributed by atoms with E-state index in [0.717, 1.165) is 12.1 Å². The molecule has 3 unspecified atom stereocenters. The van der Waals surface area contributed by atoms with Gasteiger partial charge in [0.25, 0.3) is 0 Å². The standard InChI is InChI=1S/3C18H26N4O6.C5H8FN3.C4H6O.C3H7N3.C3H4.C2H4FN3.3CO2/c3*23-15(24)10-6-12-20-18(28)22-14(16(25)26)9-4-5-11-19-17(27)21-13-7-2-1-3-8-13;1-5-4-9(3-2-6)8-7-5;1-3-4-5-2;1-2-3-5-6-4;1-3-2;3-1-2-5-6-4;3*2-1-3/h3*1-3,7-8,14H,4-6,9-12H2,(H,23,24)(H,25,26)(H2,19,21,27)(H2,20,22,28);4H,2-3H2,1H3;1H,4H2,2H3;2-3H2,1H3;1H,2H3;1-2H2;;;/i;;;6-1;;;;3-1;;;. The molecule has 18 N–H and O–H groups in total. The number of rotatable bonds is 43. The average Bonchev–Trinajstić information content (AvgIpc) is 1.29. The molecule has 3 atom stereocenters. The fourth-order valence-electron chi connectivity index (χ4n) is 7.74. The monoisotopic (exact) mass is 1730 g/mol. The Hall–Kier alpha value is -15.1. The number of hydrogen-bond acceptors (Lipinski definition) is 23. The van der Waals surface area contributed by atoms with Gasteiger partial charge in [0.1, 0.15) is 31.4 Å². The molecule has 0 saturated heterocycles. The van der Waals surface area contributed by atoms with Crippen LogP contribution >= 0.6 is 0 Å². The number of nitrogens with zero attached hydrogens (tertiary/aromatic N) is 9. The number of aliphatic carboxylic acids is 6. The zero-order valence-electron chi connectivity index (χ0n) is 67.6. The van der Waals surface area contributed by atoms with E-state index in [1.54, 1.807) is 93.0 Å². The number of hydrogen-bond donors (Lipinski definition) is 18. The Morgan fingerprint density at radius 2 is 0.754 bits per heavy atom. The number of urea groups is 6. The molecule has 0 aliphatic heterocycles. The van der Waals surface area contributed by atoms with Gasteiger partial charge in [-0.1, -0.05) is 89.3 Å². The molecular weight excluding hydrogens is 1620 g/mol. The van der Waals surface area contributed by atoms with Crippen molar-refractivity contribution in [2.75, 3.05) is 95.4 Å². The smallest absolute Gasteiger partial charge is 0.373 e. The zero-order chi connectivity index (χ0) is 93.6. The first-order chi connectivity index (χ1) is 58.4. The number of nitrogens with one attached hydrogen (secondary N) is 12. The van der Waals surface area contributed by atoms with Crippen LogP contribution in [-0.2, 0) is 68.8 Å². The van der Waals surface area contributed by atoms with E-state index in [0.29, 0.717) is 94.9 Å². The number of terminal acetylenes is 2. The van der Waals surface area contributed by atoms with Gasteiger partial charge in [-0.2, -0.15) is 28.8 Å². The molecule has 0 spiro atoms. The highest BCUT2D eigenvalue weighted by molar-refractivity contribution is 5.90. The number of carboxylic acids is 6. The highest BCUT2D eigenvalue weighted by Crippen LogP contribution is 2.09. The molecule has 0 aliphatic carbocycles. The van der Waals surface area contributed by atoms with E-state index in [2.05, 4.69) is 117 Å². The summed E-state index contributed by atoms with van der Waals surface area (Å²) >= 11 is 0. The predicted octanol–water partition coefficient (Wildman–Crippen LogP) is 7.47. The number of unbranched alkanes of at least 4 members (excludes halogenated alkanes) is 3. The van der Waals surface area contributed by atoms with E-state index in [4.69, 9.17) is 61.6 Å². The molecule has 0 bridgehead atoms. The summed E-state index contributed by atoms with van der Waals surface area (Å²) in [7, 11) is 1.57. The molecule has 0 saturated carbocycles. The highest BCUT2D eigenvalue weighted by atomic mass is 18.2. The molecule has 48 heteroatoms. The SMILES string of the molecule is C#CC.C#CCOC.CCCN=[N+]=[N-].Cc1cn(CC[18F])nn1.O=C(O)CCCNC(=O)NC(CCCCNC(=O)Nc1ccccc1)C(=O)O.O=C(O)CCCNC(=O)NC(CCCCNC(=O)Nc1ccccc1)C(=O)O.O=C(O)CCCNC(=O)NC(CCCCNC(=O)Nc1ccccc1)C(=O)O.O=C=O.O=C=O.O=C=O.[N-]=[N+]=NCC[18F]. The Kier molecular flexibility index (Phi) is 90.1. The lowest BCUT2D eigenvalue weighted by molar-refractivity contribution is -0.193. The molecule has 1 aromatic heterocycles. The van der Waals surface area contributed by atoms with Crippen molar-refractivity contribution < 1.29 is 130 Å². The number of carbonyl (C=O) groups is 12. The summed E-state index contributed by atoms with van der Waals surface area (Å²) in [5, 5.41) is 96.9. The van der Waals surface area contributed by atoms with Crippen LogP contribution in [-0.4, -0.2) is 234 Å². The highest BCUT2D eigenvalue weighted by Gasteiger charge is 2.22. The first-order valence-corrected chi connectivity index (χ1v) is 36.4. The third-order valence-electron chi connectivity index (χ3n) is 12.9. The molecule has 0 aliphatic rings. The topological polar surface area (TPSA) is 710 Å². The van der Waals surface area contributed by atoms with Crippen LogP contribution in [0.15, 0.2) is 107 Å². The normalized spacial score (nSPS) is 9.61. The zero-order valence-corrected chi connectivity index (χ0v) is 67.6. The summed E-state index contributed by atoms with van der Waals surface area (Å²) < 4.78 is 28.5. The molecule has 4 aromatic rings. The Balaban J connectivity index is -0.000000267. The van der Waals surface area contributed by atoms with E-state index in [1.807, 2.05) is 32.0 Å². The second-order valence-corrected chi connectivity index (χ2v) is 22.7. The number of anilines is 3. The summed E-state index contributed by atoms with van der Waals surface area (Å²) in [6, 6.07) is 20.7. The lowest BCUT2D eigenvalue weighted by Crippen LogP contribution is -2.46. The summed E-state index contributed by atoms with van der Waals surface area (Å²) in [5.41, 5.74) is 18.0. The van der Waals surface area contributed by atoms with Gasteiger partial charge in [-0.25, -0.2) is 52.2 Å². The number of carbonyl (C=O) groups excluding carboxylic acids is 12. The minimum atomic E-state index is -1.16. The van der Waals surface area contributed by atoms with E-state index in [1.165, 1.54) is 4.68 Å². The summed E-state index contributed by atoms with van der Waals surface area (Å²) in [5.74, 6) is -1.81. The second-order valence-electron chi connectivity index (χ2n) is 22.7. The van der Waals surface area contributed by atoms with Crippen molar-refractivity contribution in [1.82, 2.24) is 62.8 Å². The number of aromatic nitrogens is 3. The van der Waals surface area contributed by atoms with Crippen molar-refractivity contribution in [1.29, 1.82) is 0 Å². The number of aryl methyl sites for hydroxylation is 2. The number of methoxy groups -OCH3 is 1. The van der Waals surface area contributed by atoms with Crippen LogP contribution in [0.4, 0.5) is 54.6 Å². The van der Waals surface area contributed by atoms with Gasteiger partial charge in [0.05, 0.1) is 25.5 Å². The summed E-state index contributed by atoms with van der Waals surface area (Å²) in [6.07, 6.45) is 17.0. The van der Waals surface area contributed by atoms with Gasteiger partial charge in [0, 0.05) is 105 Å². The lowest BCUT2D eigenvalue weighted by atomic mass is 10.1. The predicted molar refractivity (Wildman–Crippen MR) is 432 cm³/mol. The largest absolute Gasteiger partial charge is 0.481 e. The third kappa shape index (κ3) is 93.8. The fourth-order valence-corrected chi connectivity index (χ4v) is 7.74. The quantitative estimate of drug-likeness (QED) is 0.00671. The van der Waals surface area contributed by atoms with Crippen LogP contribution in [0.1, 0.15) is 122 Å². The van der Waals surface area contributed by atoms with Gasteiger partial charge in [-0.05, 0) is 138 Å². The number of benzene rings is 3. The maximum Gasteiger partial charge on any atom is 0.373 e. The molecule has 12 amide bonds. The number of amides is 12. The maximum atomic E-state index is 11.7. The van der Waals surface area contributed by atoms with E-state index in [-0.39, 0.29) is 127 Å². The summed E-state index contributed by atoms with van der Waals surface area (Å²) in [4.78, 5) is 189. The second kappa shape index (κ2) is 91.5. The Bertz CT molecular complexity index is 3500. The molecule has 122 heavy (non-hydrogen) atoms. The van der Waals surface area contributed by atoms with Gasteiger partial charge >= 0.3 is 90.5 Å². The van der Waals surface area contributed by atoms with Crippen LogP contribution in [0.25, 0.3) is 20.9 Å². The molecule has 672 valence electrons. The van der Waals surface area contributed by atoms with Gasteiger partial charge < -0.3 is 99.2 Å². The van der Waals surface area contributed by atoms with Crippen molar-refractivity contribution in [3.8, 4) is 24.7 Å². The Labute approximate surface area is 700 Å². The van der Waals surface area contributed by atoms with Crippen molar-refractivity contribution >= 4 is 108 Å². The van der Waals surface area contributed by atoms with Crippen LogP contribution in [0.2, 0.25) is 0 Å². The van der Waals surface area contributed by atoms with Gasteiger partial charge in [-0.3, -0.25) is 18.8 Å². The Morgan fingerprint density at radius 1 is 0.475 bits per heavy atom. The molecule has 4 rings (SSSR count). The maximum absolute atomic E-state index is 11.7. The first-order valence-electron chi connectivity index (χ1n) is 36.4. The third-order valence-corrected chi connectivity index (χ3v) is 12.9. The molecule has 0 fully saturated rings. The number of ether oxygens (including phenoxy) is 1. The molecule has 0 radical (unpaired) electrons. The van der Waals surface area contributed by atoms with Crippen molar-refractivity contribution in [2.45, 2.75) is 148 Å². The molecule has 3 aromatic carbocycles. The van der Waals surface area contributed by atoms with E-state index < -0.39 is 78.7 Å². The average molecular weight is 1730 g/mol. The number of alkyl halides is 2. The van der Waals surface area contributed by atoms with E-state index in [9.17, 15) is 81.6 Å². The van der Waals surface area contributed by atoms with Gasteiger partial charge in [-0.15, -0.1) is 23.9 Å². The number of halogens is 2. The number of para-hydroxylation sites is 3. The molecule has 1 heterocycles. The van der Waals surface area contributed by atoms with Crippen LogP contribution in [0.5, 0.6) is 0 Å². The number of carboxylic acid groups (broad SMARTS) is 6. The first kappa shape index (κ1) is 120. The molecule has 46 nitrogen and oxygen atoms in total. The van der Waals surface area contributed by atoms with Gasteiger partial charge in [0.15, 0.2) is 0 Å². The Morgan fingerprint density at radius 3 is 0.951 bits per heavy atom.